The lowest BCUT2D eigenvalue weighted by Gasteiger charge is -2.28. The Morgan fingerprint density at radius 2 is 1.66 bits per heavy atom. The topological polar surface area (TPSA) is 93.0 Å². The number of benzene rings is 3. The molecule has 1 atom stereocenters. The first-order valence-electron chi connectivity index (χ1n) is 11.9. The van der Waals surface area contributed by atoms with Crippen molar-refractivity contribution in [3.8, 4) is 5.75 Å². The summed E-state index contributed by atoms with van der Waals surface area (Å²) in [4.78, 5) is 14.5. The quantitative estimate of drug-likeness (QED) is 0.338. The molecule has 3 rings (SSSR count). The maximum atomic E-state index is 12.7. The lowest BCUT2D eigenvalue weighted by atomic mass is 9.93. The van der Waals surface area contributed by atoms with E-state index in [4.69, 9.17) is 0 Å². The number of carbonyl (C=O) groups excluding carboxylic acids is 1. The molecule has 0 saturated heterocycles. The number of likely N-dealkylation sites (N-methyl/N-ethyl adjacent to an activating group) is 1. The molecule has 0 aliphatic rings. The molecule has 4 N–H and O–H groups in total. The Kier molecular flexibility index (Phi) is 9.04. The maximum Gasteiger partial charge on any atom is 0.227 e. The van der Waals surface area contributed by atoms with Gasteiger partial charge in [-0.2, -0.15) is 0 Å². The van der Waals surface area contributed by atoms with Crippen molar-refractivity contribution in [1.29, 1.82) is 0 Å². The minimum absolute atomic E-state index is 0.0151. The fourth-order valence-electron chi connectivity index (χ4n) is 4.11. The standard InChI is InChI=1S/C29H36N2O4/c1-29(2,30-18-27(34)24-12-13-26(33)25(16-24)20-32)17-23-11-7-10-22(14-23)15-28(35)31(3)19-21-8-5-4-6-9-21/h4-14,16,27,30,32-34H,15,17-20H2,1-3H3. The highest BCUT2D eigenvalue weighted by Gasteiger charge is 2.21. The van der Waals surface area contributed by atoms with Crippen LogP contribution in [0.4, 0.5) is 0 Å². The Bertz CT molecular complexity index is 1110. The number of amides is 1. The van der Waals surface area contributed by atoms with Crippen LogP contribution in [0.2, 0.25) is 0 Å². The van der Waals surface area contributed by atoms with Crippen LogP contribution in [0.5, 0.6) is 5.75 Å². The summed E-state index contributed by atoms with van der Waals surface area (Å²) in [5, 5.41) is 33.1. The second kappa shape index (κ2) is 12.0. The second-order valence-corrected chi connectivity index (χ2v) is 9.74. The normalized spacial score (nSPS) is 12.4. The molecule has 0 heterocycles. The van der Waals surface area contributed by atoms with Gasteiger partial charge in [0.15, 0.2) is 0 Å². The molecule has 0 fully saturated rings. The number of hydrogen-bond donors (Lipinski definition) is 4. The first-order chi connectivity index (χ1) is 16.7. The molecule has 6 nitrogen and oxygen atoms in total. The van der Waals surface area contributed by atoms with Gasteiger partial charge in [0, 0.05) is 31.2 Å². The van der Waals surface area contributed by atoms with Crippen LogP contribution in [0.25, 0.3) is 0 Å². The molecule has 35 heavy (non-hydrogen) atoms. The first-order valence-corrected chi connectivity index (χ1v) is 11.9. The van der Waals surface area contributed by atoms with Gasteiger partial charge in [-0.15, -0.1) is 0 Å². The van der Waals surface area contributed by atoms with Crippen molar-refractivity contribution < 1.29 is 20.1 Å². The molecule has 3 aromatic rings. The SMILES string of the molecule is CN(Cc1ccccc1)C(=O)Cc1cccc(CC(C)(C)NCC(O)c2ccc(O)c(CO)c2)c1. The molecule has 0 aliphatic heterocycles. The minimum Gasteiger partial charge on any atom is -0.508 e. The fraction of sp³-hybridized carbons (Fsp3) is 0.345. The van der Waals surface area contributed by atoms with Gasteiger partial charge in [0.2, 0.25) is 5.91 Å². The third kappa shape index (κ3) is 7.92. The number of phenols is 1. The van der Waals surface area contributed by atoms with Gasteiger partial charge in [0.1, 0.15) is 5.75 Å². The molecule has 0 radical (unpaired) electrons. The summed E-state index contributed by atoms with van der Waals surface area (Å²) >= 11 is 0. The van der Waals surface area contributed by atoms with E-state index in [0.717, 1.165) is 23.1 Å². The number of carbonyl (C=O) groups is 1. The highest BCUT2D eigenvalue weighted by Crippen LogP contribution is 2.23. The predicted octanol–water partition coefficient (Wildman–Crippen LogP) is 3.73. The lowest BCUT2D eigenvalue weighted by molar-refractivity contribution is -0.129. The van der Waals surface area contributed by atoms with E-state index < -0.39 is 6.10 Å². The number of aromatic hydroxyl groups is 1. The molecule has 0 aromatic heterocycles. The Balaban J connectivity index is 1.56. The van der Waals surface area contributed by atoms with Crippen LogP contribution in [0, 0.1) is 0 Å². The van der Waals surface area contributed by atoms with E-state index in [0.29, 0.717) is 30.6 Å². The zero-order chi connectivity index (χ0) is 25.4. The third-order valence-corrected chi connectivity index (χ3v) is 6.11. The van der Waals surface area contributed by atoms with Crippen molar-refractivity contribution in [3.63, 3.8) is 0 Å². The van der Waals surface area contributed by atoms with Crippen LogP contribution in [-0.2, 0) is 30.8 Å². The van der Waals surface area contributed by atoms with Crippen LogP contribution >= 0.6 is 0 Å². The summed E-state index contributed by atoms with van der Waals surface area (Å²) in [6, 6.07) is 22.8. The Labute approximate surface area is 207 Å². The van der Waals surface area contributed by atoms with Crippen LogP contribution in [0.1, 0.15) is 47.8 Å². The van der Waals surface area contributed by atoms with E-state index in [2.05, 4.69) is 31.3 Å². The van der Waals surface area contributed by atoms with Crippen molar-refractivity contribution in [2.45, 2.75) is 51.5 Å². The van der Waals surface area contributed by atoms with Crippen LogP contribution in [-0.4, -0.2) is 45.3 Å². The molecule has 6 heteroatoms. The van der Waals surface area contributed by atoms with Gasteiger partial charge in [-0.05, 0) is 54.7 Å². The first kappa shape index (κ1) is 26.4. The van der Waals surface area contributed by atoms with Gasteiger partial charge in [-0.25, -0.2) is 0 Å². The monoisotopic (exact) mass is 476 g/mol. The van der Waals surface area contributed by atoms with Crippen LogP contribution < -0.4 is 5.32 Å². The smallest absolute Gasteiger partial charge is 0.227 e. The zero-order valence-corrected chi connectivity index (χ0v) is 20.7. The molecular formula is C29H36N2O4. The summed E-state index contributed by atoms with van der Waals surface area (Å²) in [7, 11) is 1.83. The number of hydrogen-bond acceptors (Lipinski definition) is 5. The molecule has 186 valence electrons. The summed E-state index contributed by atoms with van der Waals surface area (Å²) in [6.45, 7) is 4.76. The van der Waals surface area contributed by atoms with E-state index in [-0.39, 0.29) is 23.8 Å². The number of aliphatic hydroxyl groups excluding tert-OH is 2. The van der Waals surface area contributed by atoms with Gasteiger partial charge in [-0.3, -0.25) is 4.79 Å². The van der Waals surface area contributed by atoms with E-state index in [9.17, 15) is 20.1 Å². The lowest BCUT2D eigenvalue weighted by Crippen LogP contribution is -2.43. The second-order valence-electron chi connectivity index (χ2n) is 9.74. The number of nitrogens with one attached hydrogen (secondary N) is 1. The number of β-amino-alcohol motifs (C(OH)–C–C–N with tert-alkyl or cyclic N) is 1. The Morgan fingerprint density at radius 3 is 2.37 bits per heavy atom. The highest BCUT2D eigenvalue weighted by atomic mass is 16.3. The molecular weight excluding hydrogens is 440 g/mol. The van der Waals surface area contributed by atoms with Crippen molar-refractivity contribution >= 4 is 5.91 Å². The number of aliphatic hydroxyl groups is 2. The van der Waals surface area contributed by atoms with Gasteiger partial charge in [0.25, 0.3) is 0 Å². The summed E-state index contributed by atoms with van der Waals surface area (Å²) < 4.78 is 0. The molecule has 0 bridgehead atoms. The largest absolute Gasteiger partial charge is 0.508 e. The molecule has 1 unspecified atom stereocenters. The van der Waals surface area contributed by atoms with E-state index >= 15 is 0 Å². The maximum absolute atomic E-state index is 12.7. The van der Waals surface area contributed by atoms with E-state index in [1.807, 2.05) is 49.5 Å². The summed E-state index contributed by atoms with van der Waals surface area (Å²) in [5.41, 5.74) is 3.91. The molecule has 3 aromatic carbocycles. The van der Waals surface area contributed by atoms with Crippen molar-refractivity contribution in [2.75, 3.05) is 13.6 Å². The highest BCUT2D eigenvalue weighted by molar-refractivity contribution is 5.78. The predicted molar refractivity (Wildman–Crippen MR) is 138 cm³/mol. The van der Waals surface area contributed by atoms with Crippen molar-refractivity contribution in [2.24, 2.45) is 0 Å². The number of nitrogens with zero attached hydrogens (tertiary/aromatic N) is 1. The van der Waals surface area contributed by atoms with Crippen LogP contribution in [0.3, 0.4) is 0 Å². The average Bonchev–Trinajstić information content (AvgIpc) is 2.83. The fourth-order valence-corrected chi connectivity index (χ4v) is 4.11. The Morgan fingerprint density at radius 1 is 0.971 bits per heavy atom. The molecule has 0 saturated carbocycles. The van der Waals surface area contributed by atoms with Gasteiger partial charge in [0.05, 0.1) is 19.1 Å². The van der Waals surface area contributed by atoms with E-state index in [1.165, 1.54) is 6.07 Å². The summed E-state index contributed by atoms with van der Waals surface area (Å²) in [5.74, 6) is 0.0871. The zero-order valence-electron chi connectivity index (χ0n) is 20.7. The van der Waals surface area contributed by atoms with Crippen molar-refractivity contribution in [3.05, 3.63) is 101 Å². The number of rotatable bonds is 11. The Hall–Kier alpha value is -3.19. The van der Waals surface area contributed by atoms with Crippen LogP contribution in [0.15, 0.2) is 72.8 Å². The molecule has 0 spiro atoms. The molecule has 1 amide bonds. The van der Waals surface area contributed by atoms with Crippen molar-refractivity contribution in [1.82, 2.24) is 10.2 Å². The molecule has 0 aliphatic carbocycles. The third-order valence-electron chi connectivity index (χ3n) is 6.11. The van der Waals surface area contributed by atoms with Gasteiger partial charge >= 0.3 is 0 Å². The van der Waals surface area contributed by atoms with E-state index in [1.54, 1.807) is 17.0 Å². The van der Waals surface area contributed by atoms with Gasteiger partial charge in [-0.1, -0.05) is 60.7 Å². The summed E-state index contributed by atoms with van der Waals surface area (Å²) in [6.07, 6.45) is 0.293. The minimum atomic E-state index is -0.774. The van der Waals surface area contributed by atoms with Gasteiger partial charge < -0.3 is 25.5 Å². The average molecular weight is 477 g/mol.